The Balaban J connectivity index is 1.03. The molecule has 1 N–H and O–H groups in total. The molecule has 0 saturated heterocycles. The van der Waals surface area contributed by atoms with Crippen molar-refractivity contribution in [3.63, 3.8) is 0 Å². The molecule has 0 aromatic heterocycles. The molecular weight excluding hydrogens is 703 g/mol. The molecule has 8 heteroatoms. The molecule has 308 valence electrons. The number of amides is 1. The predicted octanol–water partition coefficient (Wildman–Crippen LogP) is 11.8. The van der Waals surface area contributed by atoms with Gasteiger partial charge in [0.05, 0.1) is 24.6 Å². The van der Waals surface area contributed by atoms with Crippen molar-refractivity contribution in [2.75, 3.05) is 43.6 Å². The van der Waals surface area contributed by atoms with E-state index in [2.05, 4.69) is 50.4 Å². The topological polar surface area (TPSA) is 80.2 Å². The van der Waals surface area contributed by atoms with Crippen LogP contribution in [0.3, 0.4) is 0 Å². The zero-order valence-corrected chi connectivity index (χ0v) is 35.8. The number of ether oxygens (including phenoxy) is 2. The SMILES string of the molecule is CCCCCCCCCCCCCCCCCCCCC(=O)OCN1C(=O)CC(C)(C)c2ccc(OCCCCNCCN=C3C=CCC4SCC=C34)cc21. The Morgan fingerprint density at radius 3 is 2.20 bits per heavy atom. The number of nitrogens with one attached hydrogen (secondary N) is 1. The molecule has 2 aliphatic heterocycles. The smallest absolute Gasteiger partial charge is 0.307 e. The van der Waals surface area contributed by atoms with E-state index in [0.29, 0.717) is 24.7 Å². The van der Waals surface area contributed by atoms with E-state index in [4.69, 9.17) is 14.5 Å². The minimum Gasteiger partial charge on any atom is -0.494 e. The van der Waals surface area contributed by atoms with Crippen LogP contribution in [0.15, 0.2) is 47.0 Å². The maximum Gasteiger partial charge on any atom is 0.307 e. The molecule has 3 aliphatic rings. The third kappa shape index (κ3) is 16.8. The van der Waals surface area contributed by atoms with E-state index in [9.17, 15) is 9.59 Å². The Hall–Kier alpha value is -2.58. The van der Waals surface area contributed by atoms with Crippen LogP contribution in [0.4, 0.5) is 5.69 Å². The fourth-order valence-electron chi connectivity index (χ4n) is 8.03. The summed E-state index contributed by atoms with van der Waals surface area (Å²) in [4.78, 5) is 32.4. The molecule has 0 fully saturated rings. The van der Waals surface area contributed by atoms with Gasteiger partial charge in [-0.25, -0.2) is 0 Å². The molecule has 1 aromatic carbocycles. The van der Waals surface area contributed by atoms with Crippen molar-refractivity contribution in [1.82, 2.24) is 5.32 Å². The number of rotatable bonds is 30. The van der Waals surface area contributed by atoms with E-state index in [1.54, 1.807) is 4.90 Å². The molecule has 2 heterocycles. The number of hydrogen-bond donors (Lipinski definition) is 1. The van der Waals surface area contributed by atoms with Gasteiger partial charge in [0.15, 0.2) is 6.73 Å². The largest absolute Gasteiger partial charge is 0.494 e. The molecule has 0 saturated carbocycles. The summed E-state index contributed by atoms with van der Waals surface area (Å²) < 4.78 is 11.8. The number of esters is 1. The molecule has 1 amide bonds. The molecule has 0 bridgehead atoms. The summed E-state index contributed by atoms with van der Waals surface area (Å²) in [6.07, 6.45) is 34.4. The lowest BCUT2D eigenvalue weighted by Gasteiger charge is -2.38. The Kier molecular flexibility index (Phi) is 21.6. The lowest BCUT2D eigenvalue weighted by atomic mass is 9.77. The summed E-state index contributed by atoms with van der Waals surface area (Å²) >= 11 is 2.01. The highest BCUT2D eigenvalue weighted by Gasteiger charge is 2.37. The standard InChI is InChI=1S/C47H75N3O4S/c1-4-5-6-7-8-9-10-11-12-13-14-15-16-17-18-19-20-21-27-46(52)54-38-50-43-36-39(28-29-41(43)47(2,3)37-45(50)51)53-34-23-22-31-48-32-33-49-42-25-24-26-44-40(42)30-35-55-44/h24-25,28-30,36,44,48H,4-23,26-27,31-35,37-38H2,1-3H3. The van der Waals surface area contributed by atoms with Crippen LogP contribution < -0.4 is 15.0 Å². The lowest BCUT2D eigenvalue weighted by Crippen LogP contribution is -2.43. The quantitative estimate of drug-likeness (QED) is 0.0619. The third-order valence-corrected chi connectivity index (χ3v) is 12.6. The number of thioether (sulfide) groups is 1. The Labute approximate surface area is 339 Å². The van der Waals surface area contributed by atoms with Crippen LogP contribution in [0, 0.1) is 0 Å². The van der Waals surface area contributed by atoms with Gasteiger partial charge in [0.2, 0.25) is 5.91 Å². The van der Waals surface area contributed by atoms with Crippen LogP contribution >= 0.6 is 11.8 Å². The van der Waals surface area contributed by atoms with E-state index in [-0.39, 0.29) is 24.0 Å². The molecule has 1 aliphatic carbocycles. The molecule has 1 atom stereocenters. The number of benzene rings is 1. The molecule has 0 radical (unpaired) electrons. The van der Waals surface area contributed by atoms with Crippen LogP contribution in [-0.2, 0) is 19.7 Å². The zero-order valence-electron chi connectivity index (χ0n) is 35.0. The first-order valence-electron chi connectivity index (χ1n) is 22.4. The highest BCUT2D eigenvalue weighted by molar-refractivity contribution is 8.00. The first-order valence-corrected chi connectivity index (χ1v) is 23.4. The summed E-state index contributed by atoms with van der Waals surface area (Å²) in [5.41, 5.74) is 4.16. The van der Waals surface area contributed by atoms with Gasteiger partial charge in [-0.3, -0.25) is 19.5 Å². The first kappa shape index (κ1) is 45.1. The van der Waals surface area contributed by atoms with E-state index < -0.39 is 0 Å². The number of aliphatic imine (C=N–C) groups is 1. The van der Waals surface area contributed by atoms with Gasteiger partial charge in [-0.15, -0.1) is 11.8 Å². The van der Waals surface area contributed by atoms with E-state index in [1.165, 1.54) is 114 Å². The van der Waals surface area contributed by atoms with Gasteiger partial charge in [0, 0.05) is 41.9 Å². The predicted molar refractivity (Wildman–Crippen MR) is 234 cm³/mol. The first-order chi connectivity index (χ1) is 26.9. The average molecular weight is 778 g/mol. The van der Waals surface area contributed by atoms with E-state index >= 15 is 0 Å². The number of carbonyl (C=O) groups excluding carboxylic acids is 2. The van der Waals surface area contributed by atoms with Gasteiger partial charge in [-0.2, -0.15) is 0 Å². The fraction of sp³-hybridized carbons (Fsp3) is 0.723. The van der Waals surface area contributed by atoms with Gasteiger partial charge >= 0.3 is 5.97 Å². The molecule has 55 heavy (non-hydrogen) atoms. The number of allylic oxidation sites excluding steroid dienone is 2. The van der Waals surface area contributed by atoms with Crippen LogP contribution in [0.5, 0.6) is 5.75 Å². The Bertz CT molecular complexity index is 1370. The monoisotopic (exact) mass is 778 g/mol. The van der Waals surface area contributed by atoms with Crippen molar-refractivity contribution >= 4 is 35.0 Å². The highest BCUT2D eigenvalue weighted by Crippen LogP contribution is 2.42. The van der Waals surface area contributed by atoms with Gasteiger partial charge in [0.1, 0.15) is 5.75 Å². The molecule has 7 nitrogen and oxygen atoms in total. The average Bonchev–Trinajstić information content (AvgIpc) is 3.66. The number of fused-ring (bicyclic) bond motifs is 2. The van der Waals surface area contributed by atoms with Gasteiger partial charge in [-0.1, -0.05) is 148 Å². The fourth-order valence-corrected chi connectivity index (χ4v) is 9.18. The minimum atomic E-state index is -0.295. The van der Waals surface area contributed by atoms with Gasteiger partial charge in [-0.05, 0) is 55.5 Å². The number of hydrogen-bond acceptors (Lipinski definition) is 7. The van der Waals surface area contributed by atoms with E-state index in [0.717, 1.165) is 74.5 Å². The molecular formula is C47H75N3O4S. The Morgan fingerprint density at radius 2 is 1.53 bits per heavy atom. The van der Waals surface area contributed by atoms with Gasteiger partial charge < -0.3 is 14.8 Å². The van der Waals surface area contributed by atoms with E-state index in [1.807, 2.05) is 23.9 Å². The van der Waals surface area contributed by atoms with Crippen molar-refractivity contribution in [2.45, 2.75) is 179 Å². The molecule has 4 rings (SSSR count). The van der Waals surface area contributed by atoms with Crippen LogP contribution in [0.1, 0.15) is 174 Å². The van der Waals surface area contributed by atoms with Crippen molar-refractivity contribution < 1.29 is 19.1 Å². The highest BCUT2D eigenvalue weighted by atomic mass is 32.2. The Morgan fingerprint density at radius 1 is 0.873 bits per heavy atom. The summed E-state index contributed by atoms with van der Waals surface area (Å²) in [5.74, 6) is 1.59. The van der Waals surface area contributed by atoms with Crippen molar-refractivity contribution in [1.29, 1.82) is 0 Å². The van der Waals surface area contributed by atoms with Crippen LogP contribution in [-0.4, -0.2) is 61.6 Å². The van der Waals surface area contributed by atoms with Crippen molar-refractivity contribution in [3.05, 3.63) is 47.6 Å². The van der Waals surface area contributed by atoms with Gasteiger partial charge in [0.25, 0.3) is 0 Å². The number of anilines is 1. The van der Waals surface area contributed by atoms with Crippen LogP contribution in [0.25, 0.3) is 0 Å². The molecule has 1 unspecified atom stereocenters. The minimum absolute atomic E-state index is 0.0231. The van der Waals surface area contributed by atoms with Crippen molar-refractivity contribution in [3.8, 4) is 5.75 Å². The van der Waals surface area contributed by atoms with Crippen LogP contribution in [0.2, 0.25) is 0 Å². The number of carbonyl (C=O) groups is 2. The normalized spacial score (nSPS) is 18.1. The summed E-state index contributed by atoms with van der Waals surface area (Å²) in [6, 6.07) is 6.01. The summed E-state index contributed by atoms with van der Waals surface area (Å²) in [7, 11) is 0. The van der Waals surface area contributed by atoms with Crippen molar-refractivity contribution in [2.24, 2.45) is 4.99 Å². The maximum absolute atomic E-state index is 13.2. The summed E-state index contributed by atoms with van der Waals surface area (Å²) in [5, 5.41) is 4.12. The lowest BCUT2D eigenvalue weighted by molar-refractivity contribution is -0.144. The zero-order chi connectivity index (χ0) is 39.0. The maximum atomic E-state index is 13.2. The second-order valence-corrected chi connectivity index (χ2v) is 17.9. The molecule has 0 spiro atoms. The third-order valence-electron chi connectivity index (χ3n) is 11.4. The second kappa shape index (κ2) is 26.4. The second-order valence-electron chi connectivity index (χ2n) is 16.7. The number of unbranched alkanes of at least 4 members (excludes halogenated alkanes) is 18. The molecule has 1 aromatic rings. The summed E-state index contributed by atoms with van der Waals surface area (Å²) in [6.45, 7) is 9.62. The number of nitrogens with zero attached hydrogens (tertiary/aromatic N) is 2.